The van der Waals surface area contributed by atoms with E-state index in [4.69, 9.17) is 0 Å². The minimum Gasteiger partial charge on any atom is -0.355 e. The number of thiazole rings is 1. The molecule has 0 saturated carbocycles. The van der Waals surface area contributed by atoms with E-state index in [1.54, 1.807) is 35.7 Å². The molecule has 138 valence electrons. The van der Waals surface area contributed by atoms with Gasteiger partial charge in [0.15, 0.2) is 5.13 Å². The zero-order chi connectivity index (χ0) is 19.1. The van der Waals surface area contributed by atoms with E-state index in [1.165, 1.54) is 23.5 Å². The summed E-state index contributed by atoms with van der Waals surface area (Å²) in [6.45, 7) is 0.421. The van der Waals surface area contributed by atoms with Crippen LogP contribution in [0.25, 0.3) is 0 Å². The SMILES string of the molecule is O=C(Cc1csc(NC(=O)c2ccccc2)n1)NCCc1cccc(F)c1. The van der Waals surface area contributed by atoms with Crippen LogP contribution in [0.3, 0.4) is 0 Å². The summed E-state index contributed by atoms with van der Waals surface area (Å²) in [6.07, 6.45) is 0.680. The summed E-state index contributed by atoms with van der Waals surface area (Å²) < 4.78 is 13.1. The number of halogens is 1. The van der Waals surface area contributed by atoms with Crippen molar-refractivity contribution in [3.8, 4) is 0 Å². The van der Waals surface area contributed by atoms with Crippen LogP contribution < -0.4 is 10.6 Å². The van der Waals surface area contributed by atoms with Gasteiger partial charge in [0.2, 0.25) is 5.91 Å². The summed E-state index contributed by atoms with van der Waals surface area (Å²) >= 11 is 1.27. The number of hydrogen-bond acceptors (Lipinski definition) is 4. The van der Waals surface area contributed by atoms with E-state index in [0.717, 1.165) is 5.56 Å². The highest BCUT2D eigenvalue weighted by Crippen LogP contribution is 2.17. The smallest absolute Gasteiger partial charge is 0.257 e. The maximum Gasteiger partial charge on any atom is 0.257 e. The van der Waals surface area contributed by atoms with E-state index in [2.05, 4.69) is 15.6 Å². The maximum atomic E-state index is 13.1. The molecule has 0 atom stereocenters. The van der Waals surface area contributed by atoms with Crippen LogP contribution in [0.4, 0.5) is 9.52 Å². The average molecular weight is 383 g/mol. The Bertz CT molecular complexity index is 928. The Morgan fingerprint density at radius 1 is 1.07 bits per heavy atom. The van der Waals surface area contributed by atoms with Gasteiger partial charge in [0.05, 0.1) is 12.1 Å². The topological polar surface area (TPSA) is 71.1 Å². The molecule has 27 heavy (non-hydrogen) atoms. The summed E-state index contributed by atoms with van der Waals surface area (Å²) in [5.41, 5.74) is 1.96. The van der Waals surface area contributed by atoms with E-state index < -0.39 is 0 Å². The first-order valence-electron chi connectivity index (χ1n) is 8.42. The molecule has 0 radical (unpaired) electrons. The molecule has 3 rings (SSSR count). The molecule has 2 N–H and O–H groups in total. The molecule has 0 unspecified atom stereocenters. The minimum absolute atomic E-state index is 0.126. The second kappa shape index (κ2) is 9.05. The molecule has 1 heterocycles. The van der Waals surface area contributed by atoms with Gasteiger partial charge in [-0.25, -0.2) is 9.37 Å². The fraction of sp³-hybridized carbons (Fsp3) is 0.150. The number of amides is 2. The molecule has 0 aliphatic carbocycles. The fourth-order valence-electron chi connectivity index (χ4n) is 2.47. The molecule has 2 aromatic carbocycles. The highest BCUT2D eigenvalue weighted by molar-refractivity contribution is 7.14. The van der Waals surface area contributed by atoms with Crippen molar-refractivity contribution in [1.82, 2.24) is 10.3 Å². The third kappa shape index (κ3) is 5.72. The van der Waals surface area contributed by atoms with Gasteiger partial charge >= 0.3 is 0 Å². The van der Waals surface area contributed by atoms with Crippen molar-refractivity contribution in [1.29, 1.82) is 0 Å². The van der Waals surface area contributed by atoms with Crippen LogP contribution >= 0.6 is 11.3 Å². The van der Waals surface area contributed by atoms with Crippen LogP contribution in [0.2, 0.25) is 0 Å². The molecule has 0 spiro atoms. The van der Waals surface area contributed by atoms with E-state index in [1.807, 2.05) is 12.1 Å². The third-order valence-corrected chi connectivity index (χ3v) is 4.58. The standard InChI is InChI=1S/C20H18FN3O2S/c21-16-8-4-5-14(11-16)9-10-22-18(25)12-17-13-27-20(23-17)24-19(26)15-6-2-1-3-7-15/h1-8,11,13H,9-10,12H2,(H,22,25)(H,23,24,26). The number of carbonyl (C=O) groups excluding carboxylic acids is 2. The van der Waals surface area contributed by atoms with Crippen molar-refractivity contribution < 1.29 is 14.0 Å². The van der Waals surface area contributed by atoms with Crippen LogP contribution in [-0.4, -0.2) is 23.3 Å². The van der Waals surface area contributed by atoms with Gasteiger partial charge in [-0.15, -0.1) is 11.3 Å². The third-order valence-electron chi connectivity index (χ3n) is 3.77. The van der Waals surface area contributed by atoms with Gasteiger partial charge in [-0.1, -0.05) is 30.3 Å². The lowest BCUT2D eigenvalue weighted by Crippen LogP contribution is -2.27. The molecule has 1 aromatic heterocycles. The Morgan fingerprint density at radius 3 is 2.67 bits per heavy atom. The molecule has 0 aliphatic rings. The van der Waals surface area contributed by atoms with Gasteiger partial charge in [-0.3, -0.25) is 14.9 Å². The number of carbonyl (C=O) groups is 2. The molecule has 0 aliphatic heterocycles. The predicted octanol–water partition coefficient (Wildman–Crippen LogP) is 3.44. The van der Waals surface area contributed by atoms with E-state index in [9.17, 15) is 14.0 Å². The summed E-state index contributed by atoms with van der Waals surface area (Å²) in [6, 6.07) is 15.2. The first-order chi connectivity index (χ1) is 13.1. The van der Waals surface area contributed by atoms with Crippen molar-refractivity contribution in [2.24, 2.45) is 0 Å². The second-order valence-corrected chi connectivity index (χ2v) is 6.73. The number of nitrogens with one attached hydrogen (secondary N) is 2. The zero-order valence-electron chi connectivity index (χ0n) is 14.4. The van der Waals surface area contributed by atoms with Crippen LogP contribution in [0, 0.1) is 5.82 Å². The first kappa shape index (κ1) is 18.7. The molecule has 0 saturated heterocycles. The number of nitrogens with zero attached hydrogens (tertiary/aromatic N) is 1. The lowest BCUT2D eigenvalue weighted by molar-refractivity contribution is -0.120. The average Bonchev–Trinajstić information content (AvgIpc) is 3.09. The maximum absolute atomic E-state index is 13.1. The van der Waals surface area contributed by atoms with Crippen molar-refractivity contribution in [2.45, 2.75) is 12.8 Å². The molecule has 3 aromatic rings. The highest BCUT2D eigenvalue weighted by atomic mass is 32.1. The van der Waals surface area contributed by atoms with Gasteiger partial charge in [0.1, 0.15) is 5.82 Å². The van der Waals surface area contributed by atoms with Gasteiger partial charge in [0.25, 0.3) is 5.91 Å². The number of hydrogen-bond donors (Lipinski definition) is 2. The van der Waals surface area contributed by atoms with E-state index >= 15 is 0 Å². The lowest BCUT2D eigenvalue weighted by Gasteiger charge is -2.04. The Morgan fingerprint density at radius 2 is 1.89 bits per heavy atom. The fourth-order valence-corrected chi connectivity index (χ4v) is 3.18. The number of aromatic nitrogens is 1. The Labute approximate surface area is 160 Å². The largest absolute Gasteiger partial charge is 0.355 e. The van der Waals surface area contributed by atoms with Gasteiger partial charge in [-0.05, 0) is 36.2 Å². The zero-order valence-corrected chi connectivity index (χ0v) is 15.3. The normalized spacial score (nSPS) is 10.4. The lowest BCUT2D eigenvalue weighted by atomic mass is 10.1. The molecule has 0 bridgehead atoms. The second-order valence-electron chi connectivity index (χ2n) is 5.87. The summed E-state index contributed by atoms with van der Waals surface area (Å²) in [7, 11) is 0. The van der Waals surface area contributed by atoms with Gasteiger partial charge in [-0.2, -0.15) is 0 Å². The van der Waals surface area contributed by atoms with Crippen LogP contribution in [0.15, 0.2) is 60.0 Å². The Hall–Kier alpha value is -3.06. The molecule has 7 heteroatoms. The summed E-state index contributed by atoms with van der Waals surface area (Å²) in [4.78, 5) is 28.4. The van der Waals surface area contributed by atoms with E-state index in [0.29, 0.717) is 29.4 Å². The Balaban J connectivity index is 1.45. The molecule has 0 fully saturated rings. The quantitative estimate of drug-likeness (QED) is 0.657. The monoisotopic (exact) mass is 383 g/mol. The van der Waals surface area contributed by atoms with Crippen LogP contribution in [0.1, 0.15) is 21.6 Å². The van der Waals surface area contributed by atoms with Crippen LogP contribution in [-0.2, 0) is 17.6 Å². The summed E-state index contributed by atoms with van der Waals surface area (Å²) in [5.74, 6) is -0.694. The van der Waals surface area contributed by atoms with Crippen molar-refractivity contribution in [2.75, 3.05) is 11.9 Å². The predicted molar refractivity (Wildman–Crippen MR) is 103 cm³/mol. The minimum atomic E-state index is -0.286. The number of benzene rings is 2. The molecule has 2 amide bonds. The first-order valence-corrected chi connectivity index (χ1v) is 9.30. The number of rotatable bonds is 7. The van der Waals surface area contributed by atoms with Crippen molar-refractivity contribution >= 4 is 28.3 Å². The Kier molecular flexibility index (Phi) is 6.27. The summed E-state index contributed by atoms with van der Waals surface area (Å²) in [5, 5.41) is 7.71. The molecular formula is C20H18FN3O2S. The van der Waals surface area contributed by atoms with E-state index in [-0.39, 0.29) is 24.1 Å². The molecular weight excluding hydrogens is 365 g/mol. The van der Waals surface area contributed by atoms with Crippen molar-refractivity contribution in [3.05, 3.63) is 82.6 Å². The molecule has 5 nitrogen and oxygen atoms in total. The van der Waals surface area contributed by atoms with Gasteiger partial charge in [0, 0.05) is 17.5 Å². The van der Waals surface area contributed by atoms with Crippen molar-refractivity contribution in [3.63, 3.8) is 0 Å². The van der Waals surface area contributed by atoms with Crippen LogP contribution in [0.5, 0.6) is 0 Å². The van der Waals surface area contributed by atoms with Gasteiger partial charge < -0.3 is 5.32 Å². The highest BCUT2D eigenvalue weighted by Gasteiger charge is 2.11. The number of anilines is 1.